The summed E-state index contributed by atoms with van der Waals surface area (Å²) in [5.74, 6) is 0. The molecule has 0 radical (unpaired) electrons. The van der Waals surface area contributed by atoms with Crippen LogP contribution in [0.3, 0.4) is 0 Å². The molecule has 6 nitrogen and oxygen atoms in total. The molecule has 2 heterocycles. The van der Waals surface area contributed by atoms with E-state index in [1.165, 1.54) is 4.68 Å². The summed E-state index contributed by atoms with van der Waals surface area (Å²) in [5, 5.41) is 16.3. The second-order valence-corrected chi connectivity index (χ2v) is 5.19. The monoisotopic (exact) mass is 316 g/mol. The van der Waals surface area contributed by atoms with Crippen molar-refractivity contribution in [3.63, 3.8) is 0 Å². The van der Waals surface area contributed by atoms with Gasteiger partial charge in [0.25, 0.3) is 5.56 Å². The maximum absolute atomic E-state index is 12.0. The van der Waals surface area contributed by atoms with Crippen LogP contribution in [0.4, 0.5) is 5.69 Å². The van der Waals surface area contributed by atoms with E-state index in [9.17, 15) is 4.79 Å². The van der Waals surface area contributed by atoms with E-state index < -0.39 is 0 Å². The Labute approximate surface area is 114 Å². The highest BCUT2D eigenvalue weighted by molar-refractivity contribution is 9.10. The van der Waals surface area contributed by atoms with E-state index in [-0.39, 0.29) is 18.7 Å². The van der Waals surface area contributed by atoms with Crippen LogP contribution in [0.15, 0.2) is 15.5 Å². The minimum Gasteiger partial charge on any atom is -0.394 e. The van der Waals surface area contributed by atoms with Crippen molar-refractivity contribution in [3.8, 4) is 0 Å². The van der Waals surface area contributed by atoms with Gasteiger partial charge in [-0.15, -0.1) is 0 Å². The van der Waals surface area contributed by atoms with Crippen molar-refractivity contribution >= 4 is 21.6 Å². The lowest BCUT2D eigenvalue weighted by Crippen LogP contribution is -2.49. The third kappa shape index (κ3) is 2.73. The van der Waals surface area contributed by atoms with Crippen molar-refractivity contribution in [2.45, 2.75) is 19.5 Å². The zero-order chi connectivity index (χ0) is 13.1. The van der Waals surface area contributed by atoms with Gasteiger partial charge in [0.15, 0.2) is 0 Å². The molecule has 0 aromatic carbocycles. The Hall–Kier alpha value is -0.920. The normalized spacial score (nSPS) is 20.2. The number of hydrogen-bond acceptors (Lipinski definition) is 5. The van der Waals surface area contributed by atoms with Crippen molar-refractivity contribution in [1.29, 1.82) is 0 Å². The van der Waals surface area contributed by atoms with Crippen LogP contribution in [0, 0.1) is 0 Å². The van der Waals surface area contributed by atoms with Gasteiger partial charge >= 0.3 is 0 Å². The van der Waals surface area contributed by atoms with Gasteiger partial charge in [0.2, 0.25) is 0 Å². The third-order valence-electron chi connectivity index (χ3n) is 2.99. The van der Waals surface area contributed by atoms with Gasteiger partial charge in [-0.3, -0.25) is 4.79 Å². The Balaban J connectivity index is 2.29. The van der Waals surface area contributed by atoms with Gasteiger partial charge in [0.1, 0.15) is 4.47 Å². The number of nitrogens with one attached hydrogen (secondary N) is 1. The van der Waals surface area contributed by atoms with Gasteiger partial charge in [-0.1, -0.05) is 0 Å². The highest BCUT2D eigenvalue weighted by Gasteiger charge is 2.20. The van der Waals surface area contributed by atoms with E-state index in [4.69, 9.17) is 5.11 Å². The number of aromatic nitrogens is 2. The zero-order valence-corrected chi connectivity index (χ0v) is 11.9. The van der Waals surface area contributed by atoms with Crippen LogP contribution in [-0.2, 0) is 6.54 Å². The van der Waals surface area contributed by atoms with Crippen LogP contribution >= 0.6 is 15.9 Å². The van der Waals surface area contributed by atoms with Gasteiger partial charge in [-0.2, -0.15) is 5.10 Å². The first-order valence-electron chi connectivity index (χ1n) is 5.98. The molecule has 0 bridgehead atoms. The summed E-state index contributed by atoms with van der Waals surface area (Å²) in [6.45, 7) is 4.84. The maximum Gasteiger partial charge on any atom is 0.283 e. The second kappa shape index (κ2) is 5.81. The number of anilines is 1. The Morgan fingerprint density at radius 3 is 3.11 bits per heavy atom. The molecule has 0 amide bonds. The largest absolute Gasteiger partial charge is 0.394 e. The fraction of sp³-hybridized carbons (Fsp3) is 0.636. The molecule has 1 atom stereocenters. The molecule has 1 unspecified atom stereocenters. The highest BCUT2D eigenvalue weighted by Crippen LogP contribution is 2.22. The molecule has 18 heavy (non-hydrogen) atoms. The topological polar surface area (TPSA) is 70.4 Å². The minimum absolute atomic E-state index is 0.0939. The summed E-state index contributed by atoms with van der Waals surface area (Å²) in [7, 11) is 0. The Morgan fingerprint density at radius 2 is 2.44 bits per heavy atom. The minimum atomic E-state index is -0.201. The van der Waals surface area contributed by atoms with E-state index in [1.54, 1.807) is 6.20 Å². The first-order chi connectivity index (χ1) is 8.63. The van der Waals surface area contributed by atoms with Gasteiger partial charge in [0.05, 0.1) is 25.0 Å². The first kappa shape index (κ1) is 13.5. The summed E-state index contributed by atoms with van der Waals surface area (Å²) in [4.78, 5) is 14.1. The molecule has 1 aliphatic heterocycles. The lowest BCUT2D eigenvalue weighted by Gasteiger charge is -2.33. The number of rotatable bonds is 3. The molecule has 2 rings (SSSR count). The van der Waals surface area contributed by atoms with Crippen molar-refractivity contribution in [3.05, 3.63) is 21.0 Å². The highest BCUT2D eigenvalue weighted by atomic mass is 79.9. The summed E-state index contributed by atoms with van der Waals surface area (Å²) in [6, 6.07) is 0.394. The van der Waals surface area contributed by atoms with Crippen molar-refractivity contribution in [1.82, 2.24) is 15.1 Å². The van der Waals surface area contributed by atoms with E-state index in [1.807, 2.05) is 0 Å². The van der Waals surface area contributed by atoms with Gasteiger partial charge in [0, 0.05) is 25.7 Å². The van der Waals surface area contributed by atoms with Crippen LogP contribution in [0.5, 0.6) is 0 Å². The lowest BCUT2D eigenvalue weighted by molar-refractivity contribution is 0.266. The third-order valence-corrected chi connectivity index (χ3v) is 3.73. The number of nitrogens with zero attached hydrogens (tertiary/aromatic N) is 3. The van der Waals surface area contributed by atoms with E-state index in [0.717, 1.165) is 25.3 Å². The molecule has 0 saturated carbocycles. The molecule has 1 aromatic rings. The van der Waals surface area contributed by atoms with Crippen LogP contribution in [-0.4, -0.2) is 47.2 Å². The molecule has 100 valence electrons. The fourth-order valence-electron chi connectivity index (χ4n) is 2.08. The molecule has 0 aliphatic carbocycles. The number of aliphatic hydroxyl groups is 1. The number of hydrogen-bond donors (Lipinski definition) is 2. The standard InChI is InChI=1S/C11H17BrN4O2/c1-8-7-15(3-2-13-8)9-6-14-16(4-5-17)11(18)10(9)12/h6,8,13,17H,2-5,7H2,1H3. The molecular weight excluding hydrogens is 300 g/mol. The maximum atomic E-state index is 12.0. The second-order valence-electron chi connectivity index (χ2n) is 4.40. The lowest BCUT2D eigenvalue weighted by atomic mass is 10.2. The number of piperazine rings is 1. The smallest absolute Gasteiger partial charge is 0.283 e. The summed E-state index contributed by atoms with van der Waals surface area (Å²) < 4.78 is 1.78. The predicted molar refractivity (Wildman–Crippen MR) is 73.0 cm³/mol. The molecule has 0 spiro atoms. The van der Waals surface area contributed by atoms with Gasteiger partial charge < -0.3 is 15.3 Å². The van der Waals surface area contributed by atoms with E-state index in [0.29, 0.717) is 10.5 Å². The molecule has 1 aliphatic rings. The summed E-state index contributed by atoms with van der Waals surface area (Å²) in [5.41, 5.74) is 0.621. The summed E-state index contributed by atoms with van der Waals surface area (Å²) in [6.07, 6.45) is 1.68. The first-order valence-corrected chi connectivity index (χ1v) is 6.77. The van der Waals surface area contributed by atoms with Crippen molar-refractivity contribution in [2.75, 3.05) is 31.1 Å². The van der Waals surface area contributed by atoms with Crippen LogP contribution in [0.2, 0.25) is 0 Å². The van der Waals surface area contributed by atoms with Crippen molar-refractivity contribution in [2.24, 2.45) is 0 Å². The fourth-order valence-corrected chi connectivity index (χ4v) is 2.64. The van der Waals surface area contributed by atoms with Crippen molar-refractivity contribution < 1.29 is 5.11 Å². The van der Waals surface area contributed by atoms with E-state index >= 15 is 0 Å². The average molecular weight is 317 g/mol. The molecule has 7 heteroatoms. The van der Waals surface area contributed by atoms with Crippen LogP contribution < -0.4 is 15.8 Å². The molecule has 2 N–H and O–H groups in total. The molecule has 1 saturated heterocycles. The van der Waals surface area contributed by atoms with Gasteiger partial charge in [-0.25, -0.2) is 4.68 Å². The SMILES string of the molecule is CC1CN(c2cnn(CCO)c(=O)c2Br)CCN1. The number of halogens is 1. The quantitative estimate of drug-likeness (QED) is 0.808. The molecule has 1 aromatic heterocycles. The van der Waals surface area contributed by atoms with Gasteiger partial charge in [-0.05, 0) is 22.9 Å². The Morgan fingerprint density at radius 1 is 1.67 bits per heavy atom. The number of aliphatic hydroxyl groups excluding tert-OH is 1. The summed E-state index contributed by atoms with van der Waals surface area (Å²) >= 11 is 3.34. The zero-order valence-electron chi connectivity index (χ0n) is 10.3. The molecular formula is C11H17BrN4O2. The molecule has 1 fully saturated rings. The Kier molecular flexibility index (Phi) is 4.36. The predicted octanol–water partition coefficient (Wildman–Crippen LogP) is -0.204. The Bertz CT molecular complexity index is 477. The van der Waals surface area contributed by atoms with Crippen LogP contribution in [0.1, 0.15) is 6.92 Å². The average Bonchev–Trinajstić information content (AvgIpc) is 2.35. The van der Waals surface area contributed by atoms with Crippen LogP contribution in [0.25, 0.3) is 0 Å². The van der Waals surface area contributed by atoms with E-state index in [2.05, 4.69) is 38.2 Å².